The van der Waals surface area contributed by atoms with Gasteiger partial charge in [-0.3, -0.25) is 9.48 Å². The van der Waals surface area contributed by atoms with Crippen molar-refractivity contribution in [3.63, 3.8) is 0 Å². The number of amides is 1. The molecule has 0 saturated carbocycles. The number of aryl methyl sites for hydroxylation is 4. The lowest BCUT2D eigenvalue weighted by molar-refractivity contribution is 0.101. The van der Waals surface area contributed by atoms with Crippen LogP contribution >= 0.6 is 0 Å². The summed E-state index contributed by atoms with van der Waals surface area (Å²) in [5.74, 6) is 0.937. The maximum absolute atomic E-state index is 13.1. The maximum Gasteiger partial charge on any atom is 0.278 e. The predicted molar refractivity (Wildman–Crippen MR) is 127 cm³/mol. The standard InChI is InChI=1S/C26H28N4O3/c1-16-11-12-22(13-17(16)2)32-15-23-20(5)33-29-25(23)26(31)27-24-18(3)28-30(19(24)4)14-21-9-7-6-8-10-21/h6-13H,14-15H2,1-5H3,(H,27,31). The van der Waals surface area contributed by atoms with Crippen molar-refractivity contribution in [1.29, 1.82) is 0 Å². The first-order chi connectivity index (χ1) is 15.8. The number of carbonyl (C=O) groups excluding carboxylic acids is 1. The summed E-state index contributed by atoms with van der Waals surface area (Å²) >= 11 is 0. The number of anilines is 1. The molecule has 0 atom stereocenters. The Morgan fingerprint density at radius 1 is 1.03 bits per heavy atom. The highest BCUT2D eigenvalue weighted by Crippen LogP contribution is 2.24. The van der Waals surface area contributed by atoms with E-state index in [1.165, 1.54) is 5.56 Å². The first-order valence-electron chi connectivity index (χ1n) is 10.9. The van der Waals surface area contributed by atoms with Crippen LogP contribution in [0, 0.1) is 34.6 Å². The van der Waals surface area contributed by atoms with Gasteiger partial charge in [0.25, 0.3) is 5.91 Å². The van der Waals surface area contributed by atoms with E-state index < -0.39 is 0 Å². The number of hydrogen-bond acceptors (Lipinski definition) is 5. The van der Waals surface area contributed by atoms with Crippen LogP contribution in [0.25, 0.3) is 0 Å². The van der Waals surface area contributed by atoms with E-state index in [0.29, 0.717) is 23.6 Å². The minimum Gasteiger partial charge on any atom is -0.489 e. The summed E-state index contributed by atoms with van der Waals surface area (Å²) in [7, 11) is 0. The molecule has 2 aromatic carbocycles. The second-order valence-corrected chi connectivity index (χ2v) is 8.24. The van der Waals surface area contributed by atoms with Crippen LogP contribution in [-0.4, -0.2) is 20.8 Å². The molecule has 0 aliphatic rings. The Hall–Kier alpha value is -3.87. The first kappa shape index (κ1) is 22.3. The normalized spacial score (nSPS) is 10.9. The molecule has 2 heterocycles. The second kappa shape index (κ2) is 9.32. The molecule has 170 valence electrons. The fourth-order valence-corrected chi connectivity index (χ4v) is 3.66. The van der Waals surface area contributed by atoms with Gasteiger partial charge in [0.05, 0.1) is 29.2 Å². The van der Waals surface area contributed by atoms with Crippen LogP contribution in [0.15, 0.2) is 53.1 Å². The van der Waals surface area contributed by atoms with Gasteiger partial charge in [-0.25, -0.2) is 0 Å². The zero-order valence-corrected chi connectivity index (χ0v) is 19.6. The van der Waals surface area contributed by atoms with E-state index in [4.69, 9.17) is 9.26 Å². The van der Waals surface area contributed by atoms with Crippen molar-refractivity contribution < 1.29 is 14.1 Å². The van der Waals surface area contributed by atoms with Crippen molar-refractivity contribution in [2.75, 3.05) is 5.32 Å². The van der Waals surface area contributed by atoms with Gasteiger partial charge in [0.1, 0.15) is 18.1 Å². The lowest BCUT2D eigenvalue weighted by atomic mass is 10.1. The molecular formula is C26H28N4O3. The van der Waals surface area contributed by atoms with Crippen molar-refractivity contribution in [3.8, 4) is 5.75 Å². The van der Waals surface area contributed by atoms with Gasteiger partial charge in [-0.1, -0.05) is 41.6 Å². The zero-order chi connectivity index (χ0) is 23.5. The van der Waals surface area contributed by atoms with Gasteiger partial charge >= 0.3 is 0 Å². The van der Waals surface area contributed by atoms with Crippen LogP contribution in [0.1, 0.15) is 49.9 Å². The smallest absolute Gasteiger partial charge is 0.278 e. The van der Waals surface area contributed by atoms with Crippen LogP contribution in [0.5, 0.6) is 5.75 Å². The van der Waals surface area contributed by atoms with Gasteiger partial charge in [-0.05, 0) is 63.4 Å². The van der Waals surface area contributed by atoms with Crippen LogP contribution < -0.4 is 10.1 Å². The number of hydrogen-bond donors (Lipinski definition) is 1. The maximum atomic E-state index is 13.1. The molecule has 0 aliphatic heterocycles. The Bertz CT molecular complexity index is 1290. The number of nitrogens with zero attached hydrogens (tertiary/aromatic N) is 3. The fourth-order valence-electron chi connectivity index (χ4n) is 3.66. The van der Waals surface area contributed by atoms with E-state index in [1.54, 1.807) is 6.92 Å². The molecule has 0 unspecified atom stereocenters. The highest BCUT2D eigenvalue weighted by molar-refractivity contribution is 6.04. The molecule has 1 N–H and O–H groups in total. The molecule has 0 radical (unpaired) electrons. The van der Waals surface area contributed by atoms with Gasteiger partial charge in [0.2, 0.25) is 0 Å². The van der Waals surface area contributed by atoms with Crippen molar-refractivity contribution in [2.24, 2.45) is 0 Å². The van der Waals surface area contributed by atoms with Crippen molar-refractivity contribution in [2.45, 2.75) is 47.8 Å². The van der Waals surface area contributed by atoms with E-state index in [1.807, 2.05) is 61.9 Å². The second-order valence-electron chi connectivity index (χ2n) is 8.24. The number of rotatable bonds is 7. The molecule has 0 fully saturated rings. The molecule has 33 heavy (non-hydrogen) atoms. The molecule has 4 aromatic rings. The Kier molecular flexibility index (Phi) is 6.31. The lowest BCUT2D eigenvalue weighted by Gasteiger charge is -2.09. The van der Waals surface area contributed by atoms with Gasteiger partial charge in [0, 0.05) is 0 Å². The number of benzene rings is 2. The third-order valence-corrected chi connectivity index (χ3v) is 5.86. The van der Waals surface area contributed by atoms with E-state index in [9.17, 15) is 4.79 Å². The van der Waals surface area contributed by atoms with Gasteiger partial charge in [-0.15, -0.1) is 0 Å². The van der Waals surface area contributed by atoms with Crippen LogP contribution in [0.4, 0.5) is 5.69 Å². The quantitative estimate of drug-likeness (QED) is 0.419. The third-order valence-electron chi connectivity index (χ3n) is 5.86. The zero-order valence-electron chi connectivity index (χ0n) is 19.6. The van der Waals surface area contributed by atoms with Gasteiger partial charge < -0.3 is 14.6 Å². The molecule has 4 rings (SSSR count). The number of aromatic nitrogens is 3. The highest BCUT2D eigenvalue weighted by Gasteiger charge is 2.23. The molecule has 0 spiro atoms. The molecular weight excluding hydrogens is 416 g/mol. The van der Waals surface area contributed by atoms with Crippen molar-refractivity contribution in [1.82, 2.24) is 14.9 Å². The van der Waals surface area contributed by atoms with Crippen LogP contribution in [-0.2, 0) is 13.2 Å². The summed E-state index contributed by atoms with van der Waals surface area (Å²) in [6.07, 6.45) is 0. The fraction of sp³-hybridized carbons (Fsp3) is 0.269. The molecule has 7 nitrogen and oxygen atoms in total. The minimum absolute atomic E-state index is 0.186. The molecule has 0 bridgehead atoms. The minimum atomic E-state index is -0.351. The van der Waals surface area contributed by atoms with Gasteiger partial charge in [0.15, 0.2) is 5.69 Å². The van der Waals surface area contributed by atoms with E-state index >= 15 is 0 Å². The van der Waals surface area contributed by atoms with Crippen molar-refractivity contribution >= 4 is 11.6 Å². The third kappa shape index (κ3) is 4.82. The molecule has 0 saturated heterocycles. The average molecular weight is 445 g/mol. The molecule has 0 aliphatic carbocycles. The largest absolute Gasteiger partial charge is 0.489 e. The van der Waals surface area contributed by atoms with Crippen LogP contribution in [0.3, 0.4) is 0 Å². The highest BCUT2D eigenvalue weighted by atomic mass is 16.5. The lowest BCUT2D eigenvalue weighted by Crippen LogP contribution is -2.16. The van der Waals surface area contributed by atoms with Crippen molar-refractivity contribution in [3.05, 3.63) is 93.6 Å². The van der Waals surface area contributed by atoms with Gasteiger partial charge in [-0.2, -0.15) is 5.10 Å². The Morgan fingerprint density at radius 3 is 2.52 bits per heavy atom. The summed E-state index contributed by atoms with van der Waals surface area (Å²) in [6, 6.07) is 16.0. The Labute approximate surface area is 193 Å². The average Bonchev–Trinajstić information content (AvgIpc) is 3.29. The number of nitrogens with one attached hydrogen (secondary N) is 1. The summed E-state index contributed by atoms with van der Waals surface area (Å²) in [6.45, 7) is 10.5. The monoisotopic (exact) mass is 444 g/mol. The summed E-state index contributed by atoms with van der Waals surface area (Å²) in [4.78, 5) is 13.1. The first-order valence-corrected chi connectivity index (χ1v) is 10.9. The topological polar surface area (TPSA) is 82.2 Å². The summed E-state index contributed by atoms with van der Waals surface area (Å²) < 4.78 is 13.1. The van der Waals surface area contributed by atoms with Crippen LogP contribution in [0.2, 0.25) is 0 Å². The van der Waals surface area contributed by atoms with E-state index in [0.717, 1.165) is 28.3 Å². The predicted octanol–water partition coefficient (Wildman–Crippen LogP) is 5.29. The molecule has 2 aromatic heterocycles. The summed E-state index contributed by atoms with van der Waals surface area (Å²) in [5.41, 5.74) is 6.61. The number of ether oxygens (including phenoxy) is 1. The van der Waals surface area contributed by atoms with E-state index in [-0.39, 0.29) is 18.2 Å². The van der Waals surface area contributed by atoms with E-state index in [2.05, 4.69) is 34.6 Å². The SMILES string of the molecule is Cc1ccc(OCc2c(C(=O)Nc3c(C)nn(Cc4ccccc4)c3C)noc2C)cc1C. The number of carbonyl (C=O) groups is 1. The summed E-state index contributed by atoms with van der Waals surface area (Å²) in [5, 5.41) is 11.6. The Balaban J connectivity index is 1.51. The molecule has 1 amide bonds. The Morgan fingerprint density at radius 2 is 1.79 bits per heavy atom. The molecule has 7 heteroatoms.